The average Bonchev–Trinajstić information content (AvgIpc) is 3.65. The van der Waals surface area contributed by atoms with E-state index in [1.54, 1.807) is 6.08 Å². The molecule has 0 saturated heterocycles. The van der Waals surface area contributed by atoms with Gasteiger partial charge in [-0.25, -0.2) is 8.78 Å². The smallest absolute Gasteiger partial charge is 0.123 e. The van der Waals surface area contributed by atoms with Crippen molar-refractivity contribution in [3.63, 3.8) is 0 Å². The van der Waals surface area contributed by atoms with Crippen LogP contribution in [0, 0.1) is 5.82 Å². The lowest BCUT2D eigenvalue weighted by molar-refractivity contribution is 0.402. The van der Waals surface area contributed by atoms with Crippen LogP contribution >= 0.6 is 22.7 Å². The molecule has 0 amide bonds. The highest BCUT2D eigenvalue weighted by molar-refractivity contribution is 7.31. The molecule has 2 N–H and O–H groups in total. The molecule has 0 radical (unpaired) electrons. The van der Waals surface area contributed by atoms with Gasteiger partial charge in [-0.2, -0.15) is 0 Å². The van der Waals surface area contributed by atoms with Crippen LogP contribution < -0.4 is 5.73 Å². The lowest BCUT2D eigenvalue weighted by Crippen LogP contribution is -1.98. The molecule has 8 rings (SSSR count). The molecule has 1 unspecified atom stereocenters. The van der Waals surface area contributed by atoms with Gasteiger partial charge in [0.25, 0.3) is 0 Å². The molecular weight excluding hydrogens is 537 g/mol. The second kappa shape index (κ2) is 8.47. The minimum atomic E-state index is -0.898. The summed E-state index contributed by atoms with van der Waals surface area (Å²) in [6, 6.07) is 19.6. The number of nitrogens with two attached hydrogens (primary N) is 1. The fourth-order valence-corrected chi connectivity index (χ4v) is 9.28. The van der Waals surface area contributed by atoms with Crippen molar-refractivity contribution in [2.75, 3.05) is 0 Å². The zero-order valence-corrected chi connectivity index (χ0v) is 23.3. The summed E-state index contributed by atoms with van der Waals surface area (Å²) in [7, 11) is 0. The van der Waals surface area contributed by atoms with E-state index < -0.39 is 6.17 Å². The number of thiophene rings is 2. The van der Waals surface area contributed by atoms with Gasteiger partial charge in [0, 0.05) is 38.6 Å². The van der Waals surface area contributed by atoms with E-state index in [-0.39, 0.29) is 5.82 Å². The van der Waals surface area contributed by atoms with Gasteiger partial charge in [0.1, 0.15) is 12.0 Å². The second-order valence-corrected chi connectivity index (χ2v) is 12.6. The highest BCUT2D eigenvalue weighted by atomic mass is 32.1. The van der Waals surface area contributed by atoms with Crippen molar-refractivity contribution in [2.24, 2.45) is 5.73 Å². The first-order chi connectivity index (χ1) is 19.4. The number of halogens is 2. The van der Waals surface area contributed by atoms with Gasteiger partial charge in [-0.1, -0.05) is 55.1 Å². The zero-order chi connectivity index (χ0) is 27.3. The monoisotopic (exact) mass is 559 g/mol. The van der Waals surface area contributed by atoms with E-state index in [1.165, 1.54) is 53.5 Å². The van der Waals surface area contributed by atoms with Crippen LogP contribution in [0.5, 0.6) is 0 Å². The normalized spacial score (nSPS) is 18.0. The van der Waals surface area contributed by atoms with Gasteiger partial charge in [-0.3, -0.25) is 0 Å². The number of rotatable bonds is 2. The van der Waals surface area contributed by atoms with E-state index in [2.05, 4.69) is 43.0 Å². The molecule has 0 saturated carbocycles. The Morgan fingerprint density at radius 2 is 1.45 bits per heavy atom. The molecule has 0 bridgehead atoms. The largest absolute Gasteiger partial charge is 0.402 e. The van der Waals surface area contributed by atoms with Crippen LogP contribution in [0.1, 0.15) is 39.8 Å². The lowest BCUT2D eigenvalue weighted by Gasteiger charge is -2.12. The summed E-state index contributed by atoms with van der Waals surface area (Å²) in [4.78, 5) is 2.43. The van der Waals surface area contributed by atoms with Crippen LogP contribution in [0.4, 0.5) is 8.78 Å². The van der Waals surface area contributed by atoms with E-state index in [1.807, 2.05) is 53.9 Å². The predicted octanol–water partition coefficient (Wildman–Crippen LogP) is 10.2. The molecule has 2 heterocycles. The van der Waals surface area contributed by atoms with Crippen molar-refractivity contribution in [3.05, 3.63) is 123 Å². The van der Waals surface area contributed by atoms with Crippen molar-refractivity contribution in [1.29, 1.82) is 0 Å². The first-order valence-corrected chi connectivity index (χ1v) is 14.9. The highest BCUT2D eigenvalue weighted by Gasteiger charge is 2.35. The van der Waals surface area contributed by atoms with Crippen LogP contribution in [0.3, 0.4) is 0 Å². The molecule has 0 spiro atoms. The molecule has 40 heavy (non-hydrogen) atoms. The van der Waals surface area contributed by atoms with Crippen LogP contribution in [-0.4, -0.2) is 6.17 Å². The third-order valence-electron chi connectivity index (χ3n) is 8.15. The van der Waals surface area contributed by atoms with E-state index in [4.69, 9.17) is 5.73 Å². The Morgan fingerprint density at radius 3 is 2.15 bits per heavy atom. The van der Waals surface area contributed by atoms with Crippen LogP contribution in [0.15, 0.2) is 91.2 Å². The molecule has 3 aromatic carbocycles. The SMILES string of the molecule is C=C1c2cc(C3=CCC(F)C=C3)ccc2-c2c1sc1c3c(sc21)/C(=C(\C)N)c1cc(-c2ccc(F)cc2)ccc1-3. The first kappa shape index (κ1) is 23.8. The maximum atomic E-state index is 13.6. The van der Waals surface area contributed by atoms with Gasteiger partial charge in [0.05, 0.1) is 9.40 Å². The minimum Gasteiger partial charge on any atom is -0.402 e. The molecular formula is C35H23F2NS2. The summed E-state index contributed by atoms with van der Waals surface area (Å²) in [5, 5.41) is 0. The van der Waals surface area contributed by atoms with Crippen molar-refractivity contribution < 1.29 is 8.78 Å². The molecule has 5 heteroatoms. The van der Waals surface area contributed by atoms with Gasteiger partial charge >= 0.3 is 0 Å². The first-order valence-electron chi connectivity index (χ1n) is 13.2. The topological polar surface area (TPSA) is 26.0 Å². The Labute approximate surface area is 238 Å². The fraction of sp³-hybridized carbons (Fsp3) is 0.0857. The summed E-state index contributed by atoms with van der Waals surface area (Å²) in [5.74, 6) is -0.240. The second-order valence-electron chi connectivity index (χ2n) is 10.6. The van der Waals surface area contributed by atoms with Crippen molar-refractivity contribution in [1.82, 2.24) is 0 Å². The van der Waals surface area contributed by atoms with Crippen LogP contribution in [-0.2, 0) is 0 Å². The van der Waals surface area contributed by atoms with Gasteiger partial charge < -0.3 is 5.73 Å². The van der Waals surface area contributed by atoms with Gasteiger partial charge in [-0.05, 0) is 87.4 Å². The third kappa shape index (κ3) is 3.28. The number of alkyl halides is 1. The van der Waals surface area contributed by atoms with Gasteiger partial charge in [-0.15, -0.1) is 22.7 Å². The van der Waals surface area contributed by atoms with Crippen LogP contribution in [0.2, 0.25) is 0 Å². The molecule has 0 aliphatic heterocycles. The Morgan fingerprint density at radius 1 is 0.825 bits per heavy atom. The van der Waals surface area contributed by atoms with Gasteiger partial charge in [0.15, 0.2) is 0 Å². The summed E-state index contributed by atoms with van der Waals surface area (Å²) in [5.41, 5.74) is 20.8. The molecule has 1 nitrogen and oxygen atoms in total. The van der Waals surface area contributed by atoms with Crippen molar-refractivity contribution in [2.45, 2.75) is 19.5 Å². The molecule has 5 aromatic rings. The molecule has 1 atom stereocenters. The Balaban J connectivity index is 1.28. The fourth-order valence-electron chi connectivity index (χ4n) is 6.24. The average molecular weight is 560 g/mol. The van der Waals surface area contributed by atoms with Crippen molar-refractivity contribution >= 4 is 48.8 Å². The Bertz CT molecular complexity index is 2030. The van der Waals surface area contributed by atoms with E-state index in [0.29, 0.717) is 6.42 Å². The minimum absolute atomic E-state index is 0.240. The zero-order valence-electron chi connectivity index (χ0n) is 21.6. The van der Waals surface area contributed by atoms with E-state index in [0.717, 1.165) is 50.2 Å². The summed E-state index contributed by atoms with van der Waals surface area (Å²) < 4.78 is 29.7. The number of fused-ring (bicyclic) bond motifs is 9. The van der Waals surface area contributed by atoms with E-state index >= 15 is 0 Å². The summed E-state index contributed by atoms with van der Waals surface area (Å²) in [6.07, 6.45) is 5.01. The molecule has 194 valence electrons. The number of hydrogen-bond donors (Lipinski definition) is 1. The summed E-state index contributed by atoms with van der Waals surface area (Å²) >= 11 is 3.62. The maximum Gasteiger partial charge on any atom is 0.123 e. The Hall–Kier alpha value is -4.06. The molecule has 0 fully saturated rings. The molecule has 3 aliphatic carbocycles. The Kier molecular flexibility index (Phi) is 5.04. The van der Waals surface area contributed by atoms with Crippen LogP contribution in [0.25, 0.3) is 59.5 Å². The molecule has 3 aliphatic rings. The highest BCUT2D eigenvalue weighted by Crippen LogP contribution is 2.61. The van der Waals surface area contributed by atoms with Crippen molar-refractivity contribution in [3.8, 4) is 33.4 Å². The summed E-state index contributed by atoms with van der Waals surface area (Å²) in [6.45, 7) is 6.47. The standard InChI is InChI=1S/C35H23F2NS2/c1-17-27-15-21(19-3-9-23(36)10-4-19)7-13-25(27)30-32(17)39-35-31-26-14-8-22(20-5-11-24(37)12-6-20)16-28(26)29(18(2)38)33(31)40-34(30)35/h3-9,11-16,23H,1,10,38H2,2H3/b29-18+. The predicted molar refractivity (Wildman–Crippen MR) is 167 cm³/mol. The van der Waals surface area contributed by atoms with E-state index in [9.17, 15) is 8.78 Å². The maximum absolute atomic E-state index is 13.6. The third-order valence-corrected chi connectivity index (χ3v) is 10.8. The van der Waals surface area contributed by atoms with Gasteiger partial charge in [0.2, 0.25) is 0 Å². The lowest BCUT2D eigenvalue weighted by atomic mass is 9.94. The quantitative estimate of drug-likeness (QED) is 0.224. The molecule has 2 aromatic heterocycles. The number of benzene rings is 3. The number of hydrogen-bond acceptors (Lipinski definition) is 3. The number of allylic oxidation sites excluding steroid dienone is 5.